The highest BCUT2D eigenvalue weighted by Gasteiger charge is 2.49. The third kappa shape index (κ3) is 3.30. The number of benzene rings is 1. The molecule has 0 saturated carbocycles. The molecular weight excluding hydrogens is 348 g/mol. The Balaban J connectivity index is 1.99. The van der Waals surface area contributed by atoms with Crippen LogP contribution in [0.3, 0.4) is 0 Å². The van der Waals surface area contributed by atoms with E-state index in [1.165, 1.54) is 11.8 Å². The Morgan fingerprint density at radius 2 is 1.96 bits per heavy atom. The summed E-state index contributed by atoms with van der Waals surface area (Å²) in [6.45, 7) is 3.60. The van der Waals surface area contributed by atoms with E-state index < -0.39 is 9.84 Å². The predicted molar refractivity (Wildman–Crippen MR) is 96.6 cm³/mol. The number of methoxy groups -OCH3 is 1. The summed E-state index contributed by atoms with van der Waals surface area (Å²) in [7, 11) is -1.46. The second kappa shape index (κ2) is 6.40. The van der Waals surface area contributed by atoms with Crippen LogP contribution in [-0.2, 0) is 14.6 Å². The first-order valence-corrected chi connectivity index (χ1v) is 10.4. The monoisotopic (exact) mass is 368 g/mol. The fourth-order valence-corrected chi connectivity index (χ4v) is 6.75. The minimum atomic E-state index is -3.05. The van der Waals surface area contributed by atoms with Crippen LogP contribution in [0, 0.1) is 5.92 Å². The first-order valence-electron chi connectivity index (χ1n) is 7.73. The first kappa shape index (κ1) is 17.3. The first-order chi connectivity index (χ1) is 11.3. The van der Waals surface area contributed by atoms with Crippen molar-refractivity contribution < 1.29 is 17.9 Å². The molecular formula is C16H20N2O4S2. The summed E-state index contributed by atoms with van der Waals surface area (Å²) in [5.41, 5.74) is 0.822. The average molecular weight is 368 g/mol. The third-order valence-corrected chi connectivity index (χ3v) is 7.33. The maximum absolute atomic E-state index is 12.1. The molecule has 8 heteroatoms. The number of nitrogens with zero attached hydrogens (tertiary/aromatic N) is 2. The van der Waals surface area contributed by atoms with E-state index in [0.29, 0.717) is 5.17 Å². The lowest BCUT2D eigenvalue weighted by Gasteiger charge is -2.24. The molecule has 0 unspecified atom stereocenters. The van der Waals surface area contributed by atoms with Crippen molar-refractivity contribution in [3.63, 3.8) is 0 Å². The number of carbonyl (C=O) groups excluding carboxylic acids is 1. The zero-order valence-corrected chi connectivity index (χ0v) is 15.4. The van der Waals surface area contributed by atoms with Crippen molar-refractivity contribution in [2.75, 3.05) is 23.5 Å². The number of amides is 1. The van der Waals surface area contributed by atoms with Crippen LogP contribution in [-0.4, -0.2) is 49.4 Å². The lowest BCUT2D eigenvalue weighted by atomic mass is 10.2. The van der Waals surface area contributed by atoms with Gasteiger partial charge in [-0.1, -0.05) is 25.6 Å². The van der Waals surface area contributed by atoms with E-state index in [0.717, 1.165) is 11.4 Å². The molecule has 1 aromatic rings. The second-order valence-electron chi connectivity index (χ2n) is 6.26. The van der Waals surface area contributed by atoms with Crippen LogP contribution >= 0.6 is 11.8 Å². The maximum atomic E-state index is 12.1. The topological polar surface area (TPSA) is 76.0 Å². The quantitative estimate of drug-likeness (QED) is 0.812. The molecule has 3 rings (SSSR count). The van der Waals surface area contributed by atoms with Crippen LogP contribution in [0.4, 0.5) is 5.69 Å². The summed E-state index contributed by atoms with van der Waals surface area (Å²) in [6.07, 6.45) is 0. The second-order valence-corrected chi connectivity index (χ2v) is 9.62. The molecule has 0 bridgehead atoms. The highest BCUT2D eigenvalue weighted by molar-refractivity contribution is 8.16. The highest BCUT2D eigenvalue weighted by atomic mass is 32.2. The number of hydrogen-bond donors (Lipinski definition) is 0. The van der Waals surface area contributed by atoms with E-state index in [-0.39, 0.29) is 34.6 Å². The van der Waals surface area contributed by atoms with Gasteiger partial charge >= 0.3 is 0 Å². The SMILES string of the molecule is COc1ccc(N2C(=NC(=O)C(C)C)S[C@@H]3CS(=O)(=O)C[C@@H]32)cc1. The van der Waals surface area contributed by atoms with Gasteiger partial charge < -0.3 is 9.64 Å². The normalized spacial score (nSPS) is 26.8. The summed E-state index contributed by atoms with van der Waals surface area (Å²) >= 11 is 1.39. The molecule has 0 spiro atoms. The van der Waals surface area contributed by atoms with Crippen molar-refractivity contribution in [3.05, 3.63) is 24.3 Å². The zero-order valence-electron chi connectivity index (χ0n) is 13.8. The largest absolute Gasteiger partial charge is 0.497 e. The van der Waals surface area contributed by atoms with Crippen molar-refractivity contribution >= 4 is 38.4 Å². The number of aliphatic imine (C=N–C) groups is 1. The number of ether oxygens (including phenoxy) is 1. The van der Waals surface area contributed by atoms with Crippen LogP contribution in [0.5, 0.6) is 5.75 Å². The van der Waals surface area contributed by atoms with E-state index in [9.17, 15) is 13.2 Å². The Kier molecular flexibility index (Phi) is 4.61. The van der Waals surface area contributed by atoms with E-state index >= 15 is 0 Å². The Bertz CT molecular complexity index is 772. The number of carbonyl (C=O) groups is 1. The van der Waals surface area contributed by atoms with Gasteiger partial charge in [-0.2, -0.15) is 4.99 Å². The van der Waals surface area contributed by atoms with Gasteiger partial charge in [-0.3, -0.25) is 4.79 Å². The summed E-state index contributed by atoms with van der Waals surface area (Å²) in [6, 6.07) is 7.17. The molecule has 1 amide bonds. The van der Waals surface area contributed by atoms with E-state index in [2.05, 4.69) is 4.99 Å². The van der Waals surface area contributed by atoms with Gasteiger partial charge in [0.05, 0.1) is 24.7 Å². The molecule has 2 heterocycles. The van der Waals surface area contributed by atoms with Crippen molar-refractivity contribution in [3.8, 4) is 5.75 Å². The molecule has 2 aliphatic rings. The van der Waals surface area contributed by atoms with E-state index in [1.807, 2.05) is 29.2 Å². The van der Waals surface area contributed by atoms with Crippen molar-refractivity contribution in [2.45, 2.75) is 25.1 Å². The van der Waals surface area contributed by atoms with E-state index in [4.69, 9.17) is 4.74 Å². The fraction of sp³-hybridized carbons (Fsp3) is 0.500. The fourth-order valence-electron chi connectivity index (χ4n) is 2.83. The molecule has 2 fully saturated rings. The molecule has 2 atom stereocenters. The lowest BCUT2D eigenvalue weighted by molar-refractivity contribution is -0.120. The van der Waals surface area contributed by atoms with Crippen LogP contribution in [0.25, 0.3) is 0 Å². The van der Waals surface area contributed by atoms with Crippen LogP contribution < -0.4 is 9.64 Å². The smallest absolute Gasteiger partial charge is 0.250 e. The summed E-state index contributed by atoms with van der Waals surface area (Å²) < 4.78 is 29.2. The van der Waals surface area contributed by atoms with Crippen LogP contribution in [0.2, 0.25) is 0 Å². The number of thioether (sulfide) groups is 1. The molecule has 0 aromatic heterocycles. The Labute approximate surface area is 146 Å². The standard InChI is InChI=1S/C16H20N2O4S2/c1-10(2)15(19)17-16-18(11-4-6-12(22-3)7-5-11)13-8-24(20,21)9-14(13)23-16/h4-7,10,13-14H,8-9H2,1-3H3/t13-,14+/m0/s1. The van der Waals surface area contributed by atoms with Crippen molar-refractivity contribution in [1.29, 1.82) is 0 Å². The lowest BCUT2D eigenvalue weighted by Crippen LogP contribution is -2.37. The number of anilines is 1. The Hall–Kier alpha value is -1.54. The van der Waals surface area contributed by atoms with Crippen LogP contribution in [0.15, 0.2) is 29.3 Å². The molecule has 0 radical (unpaired) electrons. The van der Waals surface area contributed by atoms with E-state index in [1.54, 1.807) is 21.0 Å². The molecule has 2 saturated heterocycles. The van der Waals surface area contributed by atoms with Crippen molar-refractivity contribution in [2.24, 2.45) is 10.9 Å². The van der Waals surface area contributed by atoms with Crippen LogP contribution in [0.1, 0.15) is 13.8 Å². The zero-order chi connectivity index (χ0) is 17.5. The molecule has 130 valence electrons. The number of amidine groups is 1. The van der Waals surface area contributed by atoms with Gasteiger partial charge in [0.2, 0.25) is 0 Å². The molecule has 2 aliphatic heterocycles. The average Bonchev–Trinajstić information content (AvgIpc) is 2.98. The van der Waals surface area contributed by atoms with Gasteiger partial charge in [-0.05, 0) is 24.3 Å². The molecule has 6 nitrogen and oxygen atoms in total. The molecule has 24 heavy (non-hydrogen) atoms. The molecule has 0 aliphatic carbocycles. The number of rotatable bonds is 3. The van der Waals surface area contributed by atoms with Gasteiger partial charge in [-0.15, -0.1) is 0 Å². The minimum Gasteiger partial charge on any atom is -0.497 e. The highest BCUT2D eigenvalue weighted by Crippen LogP contribution is 2.41. The van der Waals surface area contributed by atoms with Crippen molar-refractivity contribution in [1.82, 2.24) is 0 Å². The summed E-state index contributed by atoms with van der Waals surface area (Å²) in [5, 5.41) is 0.500. The van der Waals surface area contributed by atoms with Gasteiger partial charge in [0.15, 0.2) is 15.0 Å². The predicted octanol–water partition coefficient (Wildman–Crippen LogP) is 1.95. The van der Waals surface area contributed by atoms with Gasteiger partial charge in [0.25, 0.3) is 5.91 Å². The summed E-state index contributed by atoms with van der Waals surface area (Å²) in [5.74, 6) is 0.548. The molecule has 1 aromatic carbocycles. The Morgan fingerprint density at radius 1 is 1.29 bits per heavy atom. The van der Waals surface area contributed by atoms with Gasteiger partial charge in [0.1, 0.15) is 5.75 Å². The number of fused-ring (bicyclic) bond motifs is 1. The van der Waals surface area contributed by atoms with Gasteiger partial charge in [0, 0.05) is 16.9 Å². The number of sulfone groups is 1. The van der Waals surface area contributed by atoms with Gasteiger partial charge in [-0.25, -0.2) is 8.42 Å². The third-order valence-electron chi connectivity index (χ3n) is 4.12. The number of hydrogen-bond acceptors (Lipinski definition) is 5. The maximum Gasteiger partial charge on any atom is 0.250 e. The summed E-state index contributed by atoms with van der Waals surface area (Å²) in [4.78, 5) is 18.2. The minimum absolute atomic E-state index is 0.0872. The Morgan fingerprint density at radius 3 is 2.54 bits per heavy atom. The molecule has 0 N–H and O–H groups in total.